The normalized spacial score (nSPS) is 23.7. The van der Waals surface area contributed by atoms with Crippen molar-refractivity contribution >= 4 is 37.2 Å². The fraction of sp³-hybridized carbons (Fsp3) is 0.700. The van der Waals surface area contributed by atoms with Crippen molar-refractivity contribution in [2.24, 2.45) is 0 Å². The van der Waals surface area contributed by atoms with E-state index in [9.17, 15) is 0 Å². The van der Waals surface area contributed by atoms with Crippen LogP contribution in [0.4, 0.5) is 0 Å². The second-order valence-corrected chi connectivity index (χ2v) is 7.61. The zero-order valence-electron chi connectivity index (χ0n) is 17.5. The molecule has 0 radical (unpaired) electrons. The molecule has 10 heteroatoms. The Morgan fingerprint density at radius 2 is 1.33 bits per heavy atom. The number of nitrogens with zero attached hydrogens (tertiary/aromatic N) is 3. The molecule has 2 unspecified atom stereocenters. The molecule has 0 spiro atoms. The predicted octanol–water partition coefficient (Wildman–Crippen LogP) is 0.849. The van der Waals surface area contributed by atoms with Gasteiger partial charge in [0, 0.05) is 57.9 Å². The third kappa shape index (κ3) is 9.12. The number of piperazine rings is 1. The van der Waals surface area contributed by atoms with E-state index in [0.717, 1.165) is 44.9 Å². The van der Waals surface area contributed by atoms with Gasteiger partial charge in [-0.05, 0) is 18.4 Å². The highest BCUT2D eigenvalue weighted by molar-refractivity contribution is 5.86. The largest absolute Gasteiger partial charge is 0.412 e. The van der Waals surface area contributed by atoms with E-state index in [2.05, 4.69) is 45.0 Å². The van der Waals surface area contributed by atoms with E-state index in [1.807, 2.05) is 0 Å². The molecule has 1 aromatic carbocycles. The molecule has 3 aliphatic heterocycles. The molecule has 180 valence electrons. The van der Waals surface area contributed by atoms with Gasteiger partial charge in [0.15, 0.2) is 0 Å². The Morgan fingerprint density at radius 1 is 0.767 bits per heavy atom. The number of rotatable bonds is 5. The van der Waals surface area contributed by atoms with E-state index in [0.29, 0.717) is 0 Å². The van der Waals surface area contributed by atoms with Gasteiger partial charge in [0.2, 0.25) is 0 Å². The van der Waals surface area contributed by atoms with Crippen LogP contribution in [0.15, 0.2) is 30.3 Å². The van der Waals surface area contributed by atoms with E-state index < -0.39 is 0 Å². The molecular formula is C20H40Cl3N3O4. The first kappa shape index (κ1) is 34.4. The monoisotopic (exact) mass is 491 g/mol. The number of halogens is 3. The molecule has 6 N–H and O–H groups in total. The first-order valence-corrected chi connectivity index (χ1v) is 9.70. The summed E-state index contributed by atoms with van der Waals surface area (Å²) in [5.74, 6) is 0. The fourth-order valence-electron chi connectivity index (χ4n) is 4.70. The van der Waals surface area contributed by atoms with Crippen LogP contribution in [0.5, 0.6) is 0 Å². The standard InChI is InChI=1S/C20H31N3O.3ClH.3H2O/c1-2-5-18(6-3-1)15-22-16-19-7-4-8-20(17-22)23(19)10-9-21-11-13-24-14-12-21;;;;;;/h1-3,5-6,19-20H,4,7-17H2;3*1H;3*1H2. The highest BCUT2D eigenvalue weighted by atomic mass is 35.5. The zero-order valence-corrected chi connectivity index (χ0v) is 20.0. The number of morpholine rings is 1. The van der Waals surface area contributed by atoms with Crippen LogP contribution in [-0.4, -0.2) is 95.7 Å². The molecule has 0 aromatic heterocycles. The molecule has 30 heavy (non-hydrogen) atoms. The molecule has 3 aliphatic rings. The van der Waals surface area contributed by atoms with Gasteiger partial charge in [0.1, 0.15) is 0 Å². The topological polar surface area (TPSA) is 113 Å². The van der Waals surface area contributed by atoms with Gasteiger partial charge in [0.25, 0.3) is 0 Å². The third-order valence-electron chi connectivity index (χ3n) is 5.98. The van der Waals surface area contributed by atoms with Crippen LogP contribution in [0.1, 0.15) is 24.8 Å². The van der Waals surface area contributed by atoms with Gasteiger partial charge in [0.05, 0.1) is 13.2 Å². The van der Waals surface area contributed by atoms with E-state index in [1.54, 1.807) is 0 Å². The highest BCUT2D eigenvalue weighted by Gasteiger charge is 2.37. The number of hydrogen-bond acceptors (Lipinski definition) is 4. The van der Waals surface area contributed by atoms with Crippen LogP contribution >= 0.6 is 37.2 Å². The van der Waals surface area contributed by atoms with E-state index in [1.165, 1.54) is 51.0 Å². The number of piperidine rings is 1. The lowest BCUT2D eigenvalue weighted by Gasteiger charge is -2.50. The molecule has 3 heterocycles. The number of fused-ring (bicyclic) bond motifs is 2. The van der Waals surface area contributed by atoms with Crippen molar-refractivity contribution in [1.82, 2.24) is 14.7 Å². The molecule has 3 fully saturated rings. The first-order chi connectivity index (χ1) is 11.9. The third-order valence-corrected chi connectivity index (χ3v) is 5.98. The lowest BCUT2D eigenvalue weighted by atomic mass is 9.91. The fourth-order valence-corrected chi connectivity index (χ4v) is 4.70. The second-order valence-electron chi connectivity index (χ2n) is 7.61. The molecular weight excluding hydrogens is 453 g/mol. The van der Waals surface area contributed by atoms with E-state index in [4.69, 9.17) is 4.74 Å². The number of hydrogen-bond donors (Lipinski definition) is 0. The molecule has 0 saturated carbocycles. The zero-order chi connectivity index (χ0) is 16.2. The average molecular weight is 493 g/mol. The Morgan fingerprint density at radius 3 is 1.90 bits per heavy atom. The van der Waals surface area contributed by atoms with Crippen molar-refractivity contribution in [3.05, 3.63) is 35.9 Å². The molecule has 4 rings (SSSR count). The van der Waals surface area contributed by atoms with Crippen LogP contribution < -0.4 is 0 Å². The molecule has 0 amide bonds. The van der Waals surface area contributed by atoms with Gasteiger partial charge in [-0.25, -0.2) is 0 Å². The Bertz CT molecular complexity index is 513. The smallest absolute Gasteiger partial charge is 0.0594 e. The van der Waals surface area contributed by atoms with Crippen molar-refractivity contribution in [3.8, 4) is 0 Å². The van der Waals surface area contributed by atoms with Crippen molar-refractivity contribution < 1.29 is 21.2 Å². The van der Waals surface area contributed by atoms with Crippen molar-refractivity contribution in [1.29, 1.82) is 0 Å². The summed E-state index contributed by atoms with van der Waals surface area (Å²) >= 11 is 0. The molecule has 1 aromatic rings. The van der Waals surface area contributed by atoms with Crippen LogP contribution in [0, 0.1) is 0 Å². The number of ether oxygens (including phenoxy) is 1. The Kier molecular flexibility index (Phi) is 19.9. The summed E-state index contributed by atoms with van der Waals surface area (Å²) in [6.45, 7) is 10.1. The van der Waals surface area contributed by atoms with E-state index >= 15 is 0 Å². The van der Waals surface area contributed by atoms with Crippen molar-refractivity contribution in [2.45, 2.75) is 37.9 Å². The summed E-state index contributed by atoms with van der Waals surface area (Å²) in [4.78, 5) is 8.10. The molecule has 3 saturated heterocycles. The lowest BCUT2D eigenvalue weighted by Crippen LogP contribution is -2.61. The van der Waals surface area contributed by atoms with Gasteiger partial charge in [-0.15, -0.1) is 37.2 Å². The molecule has 2 bridgehead atoms. The highest BCUT2D eigenvalue weighted by Crippen LogP contribution is 2.29. The molecule has 0 aliphatic carbocycles. The quantitative estimate of drug-likeness (QED) is 0.606. The minimum atomic E-state index is 0. The van der Waals surface area contributed by atoms with Gasteiger partial charge in [-0.1, -0.05) is 36.8 Å². The summed E-state index contributed by atoms with van der Waals surface area (Å²) in [6, 6.07) is 12.5. The summed E-state index contributed by atoms with van der Waals surface area (Å²) < 4.78 is 5.47. The van der Waals surface area contributed by atoms with Gasteiger partial charge in [-0.2, -0.15) is 0 Å². The minimum absolute atomic E-state index is 0. The second kappa shape index (κ2) is 17.4. The van der Waals surface area contributed by atoms with Crippen LogP contribution in [0.3, 0.4) is 0 Å². The first-order valence-electron chi connectivity index (χ1n) is 9.70. The van der Waals surface area contributed by atoms with Crippen LogP contribution in [-0.2, 0) is 11.3 Å². The van der Waals surface area contributed by atoms with Crippen LogP contribution in [0.2, 0.25) is 0 Å². The molecule has 7 nitrogen and oxygen atoms in total. The van der Waals surface area contributed by atoms with Crippen molar-refractivity contribution in [2.75, 3.05) is 52.5 Å². The summed E-state index contributed by atoms with van der Waals surface area (Å²) in [5.41, 5.74) is 1.46. The Balaban J connectivity index is -0.00000121. The van der Waals surface area contributed by atoms with Gasteiger partial charge in [-0.3, -0.25) is 14.7 Å². The Labute approximate surface area is 199 Å². The summed E-state index contributed by atoms with van der Waals surface area (Å²) in [7, 11) is 0. The number of benzene rings is 1. The average Bonchev–Trinajstić information content (AvgIpc) is 2.61. The van der Waals surface area contributed by atoms with Gasteiger partial charge < -0.3 is 21.2 Å². The maximum atomic E-state index is 5.47. The maximum Gasteiger partial charge on any atom is 0.0594 e. The van der Waals surface area contributed by atoms with Crippen molar-refractivity contribution in [3.63, 3.8) is 0 Å². The van der Waals surface area contributed by atoms with Gasteiger partial charge >= 0.3 is 0 Å². The van der Waals surface area contributed by atoms with E-state index in [-0.39, 0.29) is 53.6 Å². The summed E-state index contributed by atoms with van der Waals surface area (Å²) in [5, 5.41) is 0. The molecule has 2 atom stereocenters. The SMILES string of the molecule is Cl.Cl.Cl.O.O.O.c1ccc(CN2CC3CCCC(C2)N3CCN2CCOCC2)cc1. The number of likely N-dealkylation sites (tertiary alicyclic amines) is 1. The lowest BCUT2D eigenvalue weighted by molar-refractivity contribution is -0.0250. The van der Waals surface area contributed by atoms with Crippen LogP contribution in [0.25, 0.3) is 0 Å². The summed E-state index contributed by atoms with van der Waals surface area (Å²) in [6.07, 6.45) is 4.18. The Hall–Kier alpha value is -0.190. The predicted molar refractivity (Wildman–Crippen MR) is 130 cm³/mol. The minimum Gasteiger partial charge on any atom is -0.412 e. The maximum absolute atomic E-state index is 5.47.